The van der Waals surface area contributed by atoms with Gasteiger partial charge in [0.1, 0.15) is 5.41 Å². The van der Waals surface area contributed by atoms with Crippen LogP contribution < -0.4 is 11.1 Å². The Morgan fingerprint density at radius 1 is 1.19 bits per heavy atom. The molecule has 128 valence electrons. The molecule has 3 rings (SSSR count). The highest BCUT2D eigenvalue weighted by atomic mass is 32.1. The molecule has 26 heavy (non-hydrogen) atoms. The quantitative estimate of drug-likeness (QED) is 0.555. The Hall–Kier alpha value is -2.94. The zero-order valence-corrected chi connectivity index (χ0v) is 15.2. The number of hydrogen-bond donors (Lipinski definition) is 3. The highest BCUT2D eigenvalue weighted by Crippen LogP contribution is 2.53. The van der Waals surface area contributed by atoms with Crippen LogP contribution in [0.15, 0.2) is 59.7 Å². The van der Waals surface area contributed by atoms with Crippen LogP contribution in [0.2, 0.25) is 0 Å². The topological polar surface area (TPSA) is 111 Å². The van der Waals surface area contributed by atoms with Crippen molar-refractivity contribution in [3.63, 3.8) is 0 Å². The van der Waals surface area contributed by atoms with Gasteiger partial charge in [-0.2, -0.15) is 10.5 Å². The van der Waals surface area contributed by atoms with Gasteiger partial charge in [0.15, 0.2) is 0 Å². The zero-order valence-electron chi connectivity index (χ0n) is 13.5. The summed E-state index contributed by atoms with van der Waals surface area (Å²) in [7, 11) is 0. The van der Waals surface area contributed by atoms with Crippen molar-refractivity contribution in [3.8, 4) is 12.1 Å². The fourth-order valence-electron chi connectivity index (χ4n) is 3.31. The van der Waals surface area contributed by atoms with E-state index in [4.69, 9.17) is 18.0 Å². The normalized spacial score (nSPS) is 24.9. The molecular formula is C18H14N6S2. The second kappa shape index (κ2) is 7.12. The molecule has 2 aromatic rings. The Morgan fingerprint density at radius 3 is 2.27 bits per heavy atom. The second-order valence-corrected chi connectivity index (χ2v) is 6.69. The van der Waals surface area contributed by atoms with E-state index >= 15 is 0 Å². The van der Waals surface area contributed by atoms with Gasteiger partial charge in [-0.1, -0.05) is 24.4 Å². The van der Waals surface area contributed by atoms with E-state index < -0.39 is 17.4 Å². The molecule has 1 aliphatic rings. The molecular weight excluding hydrogens is 364 g/mol. The molecule has 1 aliphatic heterocycles. The van der Waals surface area contributed by atoms with Gasteiger partial charge in [0.05, 0.1) is 39.7 Å². The Bertz CT molecular complexity index is 945. The van der Waals surface area contributed by atoms with Gasteiger partial charge in [0, 0.05) is 24.8 Å². The van der Waals surface area contributed by atoms with Gasteiger partial charge < -0.3 is 11.1 Å². The lowest BCUT2D eigenvalue weighted by atomic mass is 9.62. The maximum Gasteiger partial charge on any atom is 0.143 e. The maximum absolute atomic E-state index is 10.2. The molecule has 0 saturated heterocycles. The summed E-state index contributed by atoms with van der Waals surface area (Å²) in [6.07, 6.45) is 6.51. The van der Waals surface area contributed by atoms with Gasteiger partial charge >= 0.3 is 0 Å². The molecule has 0 bridgehead atoms. The summed E-state index contributed by atoms with van der Waals surface area (Å²) in [4.78, 5) is 8.25. The first-order chi connectivity index (χ1) is 12.6. The molecule has 0 amide bonds. The Labute approximate surface area is 161 Å². The first-order valence-electron chi connectivity index (χ1n) is 7.67. The van der Waals surface area contributed by atoms with Crippen molar-refractivity contribution in [3.05, 3.63) is 70.8 Å². The number of thiocarbonyl (C=S) groups is 1. The van der Waals surface area contributed by atoms with Gasteiger partial charge in [-0.05, 0) is 23.3 Å². The summed E-state index contributed by atoms with van der Waals surface area (Å²) in [5.74, 6) is -0.706. The third kappa shape index (κ3) is 2.70. The highest BCUT2D eigenvalue weighted by molar-refractivity contribution is 7.84. The zero-order chi connectivity index (χ0) is 18.7. The lowest BCUT2D eigenvalue weighted by Crippen LogP contribution is -2.52. The summed E-state index contributed by atoms with van der Waals surface area (Å²) < 4.78 is 0. The van der Waals surface area contributed by atoms with Gasteiger partial charge in [-0.15, -0.1) is 12.6 Å². The maximum atomic E-state index is 10.2. The molecule has 0 fully saturated rings. The number of aromatic nitrogens is 2. The van der Waals surface area contributed by atoms with Gasteiger partial charge in [-0.3, -0.25) is 9.97 Å². The van der Waals surface area contributed by atoms with E-state index in [1.54, 1.807) is 43.0 Å². The molecule has 3 heterocycles. The van der Waals surface area contributed by atoms with E-state index in [-0.39, 0.29) is 10.6 Å². The molecule has 0 aromatic carbocycles. The van der Waals surface area contributed by atoms with E-state index in [0.29, 0.717) is 10.6 Å². The minimum atomic E-state index is -1.39. The third-order valence-corrected chi connectivity index (χ3v) is 5.19. The summed E-state index contributed by atoms with van der Waals surface area (Å²) in [5.41, 5.74) is 6.39. The van der Waals surface area contributed by atoms with E-state index in [9.17, 15) is 10.5 Å². The number of nitrogens with zero attached hydrogens (tertiary/aromatic N) is 4. The van der Waals surface area contributed by atoms with Crippen LogP contribution in [0.3, 0.4) is 0 Å². The minimum Gasteiger partial charge on any atom is -0.392 e. The molecule has 6 nitrogen and oxygen atoms in total. The third-order valence-electron chi connectivity index (χ3n) is 4.48. The number of thiol groups is 1. The van der Waals surface area contributed by atoms with Crippen LogP contribution >= 0.6 is 24.8 Å². The number of rotatable bonds is 3. The molecule has 2 aromatic heterocycles. The fourth-order valence-corrected chi connectivity index (χ4v) is 3.90. The molecule has 0 spiro atoms. The first kappa shape index (κ1) is 17.9. The Morgan fingerprint density at radius 2 is 1.81 bits per heavy atom. The minimum absolute atomic E-state index is 0.0104. The number of nitrogens with two attached hydrogens (primary N) is 1. The molecule has 3 atom stereocenters. The van der Waals surface area contributed by atoms with Crippen LogP contribution in [0.1, 0.15) is 23.1 Å². The number of nitrogens with one attached hydrogen (secondary N) is 1. The molecule has 0 aliphatic carbocycles. The van der Waals surface area contributed by atoms with Gasteiger partial charge in [-0.25, -0.2) is 0 Å². The highest BCUT2D eigenvalue weighted by Gasteiger charge is 2.55. The summed E-state index contributed by atoms with van der Waals surface area (Å²) in [6.45, 7) is 0. The molecule has 0 saturated carbocycles. The number of hydrogen-bond acceptors (Lipinski definition) is 7. The van der Waals surface area contributed by atoms with Crippen molar-refractivity contribution in [2.45, 2.75) is 12.0 Å². The average Bonchev–Trinajstić information content (AvgIpc) is 2.68. The van der Waals surface area contributed by atoms with Crippen LogP contribution in [-0.2, 0) is 0 Å². The predicted octanol–water partition coefficient (Wildman–Crippen LogP) is 2.37. The lowest BCUT2D eigenvalue weighted by Gasteiger charge is -2.45. The van der Waals surface area contributed by atoms with Crippen molar-refractivity contribution in [2.24, 2.45) is 11.1 Å². The fraction of sp³-hybridized carbons (Fsp3) is 0.167. The number of nitriles is 2. The van der Waals surface area contributed by atoms with Gasteiger partial charge in [0.25, 0.3) is 0 Å². The van der Waals surface area contributed by atoms with E-state index in [1.165, 1.54) is 0 Å². The number of allylic oxidation sites excluding steroid dienone is 1. The van der Waals surface area contributed by atoms with E-state index in [0.717, 1.165) is 5.56 Å². The Kier molecular flexibility index (Phi) is 4.90. The van der Waals surface area contributed by atoms with Crippen molar-refractivity contribution < 1.29 is 0 Å². The van der Waals surface area contributed by atoms with Crippen molar-refractivity contribution >= 4 is 29.8 Å². The second-order valence-electron chi connectivity index (χ2n) is 5.80. The predicted molar refractivity (Wildman–Crippen MR) is 104 cm³/mol. The van der Waals surface area contributed by atoms with Crippen molar-refractivity contribution in [1.29, 1.82) is 10.5 Å². The first-order valence-corrected chi connectivity index (χ1v) is 8.52. The Balaban J connectivity index is 2.34. The molecule has 0 radical (unpaired) electrons. The molecule has 3 N–H and O–H groups in total. The largest absolute Gasteiger partial charge is 0.392 e. The lowest BCUT2D eigenvalue weighted by molar-refractivity contribution is 0.332. The monoisotopic (exact) mass is 378 g/mol. The van der Waals surface area contributed by atoms with E-state index in [1.807, 2.05) is 6.07 Å². The molecule has 0 unspecified atom stereocenters. The van der Waals surface area contributed by atoms with Crippen molar-refractivity contribution in [1.82, 2.24) is 15.3 Å². The van der Waals surface area contributed by atoms with Crippen LogP contribution in [0, 0.1) is 28.1 Å². The molecule has 8 heteroatoms. The van der Waals surface area contributed by atoms with Crippen LogP contribution in [0.4, 0.5) is 0 Å². The van der Waals surface area contributed by atoms with Gasteiger partial charge in [0.2, 0.25) is 0 Å². The summed E-state index contributed by atoms with van der Waals surface area (Å²) >= 11 is 9.79. The summed E-state index contributed by atoms with van der Waals surface area (Å²) in [6, 6.07) is 11.0. The smallest absolute Gasteiger partial charge is 0.143 e. The van der Waals surface area contributed by atoms with Crippen LogP contribution in [0.25, 0.3) is 0 Å². The van der Waals surface area contributed by atoms with Crippen molar-refractivity contribution in [2.75, 3.05) is 0 Å². The van der Waals surface area contributed by atoms with E-state index in [2.05, 4.69) is 40.1 Å². The standard InChI is InChI=1S/C18H14N6S2/c19-7-13-14(11-3-1-5-22-8-11)18(10-20,17(21)26)15(24-16(13)25)12-4-2-6-23-9-12/h1-6,8-9,14-15,24-25H,(H2,21,26)/t14-,15+,18+/m0/s1. The van der Waals surface area contributed by atoms with Crippen LogP contribution in [-0.4, -0.2) is 15.0 Å². The average molecular weight is 378 g/mol. The SMILES string of the molecule is N#CC1=C(S)N[C@H](c2cccnc2)[C@](C#N)(C(N)=S)[C@H]1c1cccnc1. The summed E-state index contributed by atoms with van der Waals surface area (Å²) in [5, 5.41) is 23.5. The van der Waals surface area contributed by atoms with Crippen LogP contribution in [0.5, 0.6) is 0 Å². The number of pyridine rings is 2.